The number of anilines is 2. The number of nitrogens with zero attached hydrogens (tertiary/aromatic N) is 4. The van der Waals surface area contributed by atoms with Crippen molar-refractivity contribution in [2.24, 2.45) is 0 Å². The lowest BCUT2D eigenvalue weighted by Gasteiger charge is -2.27. The van der Waals surface area contributed by atoms with E-state index in [0.29, 0.717) is 26.9 Å². The van der Waals surface area contributed by atoms with Gasteiger partial charge in [-0.05, 0) is 102 Å². The van der Waals surface area contributed by atoms with Crippen molar-refractivity contribution < 1.29 is 35.9 Å². The number of carbonyl (C=O) groups excluding carboxylic acids is 1. The first-order chi connectivity index (χ1) is 22.7. The number of hydrogen-bond acceptors (Lipinski definition) is 9. The summed E-state index contributed by atoms with van der Waals surface area (Å²) in [5.41, 5.74) is -0.375. The van der Waals surface area contributed by atoms with Crippen molar-refractivity contribution in [3.63, 3.8) is 0 Å². The number of rotatable bonds is 9. The van der Waals surface area contributed by atoms with Crippen molar-refractivity contribution >= 4 is 39.0 Å². The molecule has 0 bridgehead atoms. The van der Waals surface area contributed by atoms with E-state index in [0.717, 1.165) is 37.0 Å². The Bertz CT molecular complexity index is 1910. The number of nitrogens with one attached hydrogen (secondary N) is 1. The van der Waals surface area contributed by atoms with Gasteiger partial charge < -0.3 is 14.4 Å². The highest BCUT2D eigenvalue weighted by Crippen LogP contribution is 2.44. The largest absolute Gasteiger partial charge is 0.444 e. The number of thiazole rings is 1. The van der Waals surface area contributed by atoms with Crippen LogP contribution in [0.3, 0.4) is 0 Å². The van der Waals surface area contributed by atoms with E-state index >= 15 is 4.39 Å². The Kier molecular flexibility index (Phi) is 10.4. The molecule has 1 amide bonds. The van der Waals surface area contributed by atoms with E-state index in [1.54, 1.807) is 32.9 Å². The van der Waals surface area contributed by atoms with E-state index in [4.69, 9.17) is 14.5 Å². The van der Waals surface area contributed by atoms with Gasteiger partial charge in [0.1, 0.15) is 34.7 Å². The van der Waals surface area contributed by atoms with Crippen LogP contribution in [0, 0.1) is 17.5 Å². The van der Waals surface area contributed by atoms with Gasteiger partial charge in [0.25, 0.3) is 10.0 Å². The van der Waals surface area contributed by atoms with Crippen LogP contribution >= 0.6 is 11.3 Å². The van der Waals surface area contributed by atoms with Crippen LogP contribution in [0.1, 0.15) is 44.5 Å². The van der Waals surface area contributed by atoms with Crippen LogP contribution in [-0.4, -0.2) is 69.0 Å². The number of ether oxygens (including phenoxy) is 2. The number of methoxy groups -OCH3 is 1. The number of piperidine rings is 1. The average molecular weight is 704 g/mol. The second-order valence-electron chi connectivity index (χ2n) is 12.3. The topological polar surface area (TPSA) is 114 Å². The standard InChI is InChI=1S/C33H36F3N5O5S2/c1-33(2,3)46-32(42)38-27-17-21(11-14-37-27)30-29(39-31(47-30)20-12-15-40(4)16-13-20)23-7-6-8-25(28(23)36)41(19-45-5)48(43,44)26-18-22(34)9-10-24(26)35/h6-11,14,17-18,20H,12-13,15-16,19H2,1-5H3,(H,37,38,42). The fourth-order valence-electron chi connectivity index (χ4n) is 5.27. The number of likely N-dealkylation sites (tertiary alicyclic amines) is 1. The number of carbonyl (C=O) groups is 1. The van der Waals surface area contributed by atoms with Crippen LogP contribution < -0.4 is 9.62 Å². The van der Waals surface area contributed by atoms with Gasteiger partial charge in [-0.2, -0.15) is 0 Å². The van der Waals surface area contributed by atoms with E-state index in [1.165, 1.54) is 42.8 Å². The maximum absolute atomic E-state index is 16.7. The molecular weight excluding hydrogens is 668 g/mol. The molecule has 0 aliphatic carbocycles. The molecule has 5 rings (SSSR count). The van der Waals surface area contributed by atoms with Gasteiger partial charge in [-0.3, -0.25) is 5.32 Å². The molecule has 1 fully saturated rings. The predicted molar refractivity (Wildman–Crippen MR) is 178 cm³/mol. The maximum Gasteiger partial charge on any atom is 0.413 e. The Morgan fingerprint density at radius 2 is 1.83 bits per heavy atom. The summed E-state index contributed by atoms with van der Waals surface area (Å²) in [6.45, 7) is 6.24. The van der Waals surface area contributed by atoms with Gasteiger partial charge in [0.2, 0.25) is 0 Å². The zero-order chi connectivity index (χ0) is 34.8. The third-order valence-electron chi connectivity index (χ3n) is 7.57. The molecule has 4 aromatic rings. The molecule has 1 N–H and O–H groups in total. The third kappa shape index (κ3) is 7.80. The number of pyridine rings is 1. The van der Waals surface area contributed by atoms with Crippen molar-refractivity contribution in [3.8, 4) is 21.7 Å². The molecule has 0 unspecified atom stereocenters. The molecule has 2 aromatic heterocycles. The molecule has 15 heteroatoms. The summed E-state index contributed by atoms with van der Waals surface area (Å²) in [4.78, 5) is 23.4. The van der Waals surface area contributed by atoms with Crippen LogP contribution in [0.25, 0.3) is 21.7 Å². The van der Waals surface area contributed by atoms with E-state index in [2.05, 4.69) is 15.2 Å². The molecule has 48 heavy (non-hydrogen) atoms. The molecule has 1 aliphatic heterocycles. The van der Waals surface area contributed by atoms with Crippen LogP contribution in [0.15, 0.2) is 59.6 Å². The highest BCUT2D eigenvalue weighted by atomic mass is 32.2. The Hall–Kier alpha value is -4.05. The Morgan fingerprint density at radius 1 is 1.10 bits per heavy atom. The summed E-state index contributed by atoms with van der Waals surface area (Å²) in [6.07, 6.45) is 2.48. The normalized spacial score (nSPS) is 14.6. The highest BCUT2D eigenvalue weighted by molar-refractivity contribution is 7.92. The first kappa shape index (κ1) is 35.3. The van der Waals surface area contributed by atoms with E-state index < -0.39 is 56.5 Å². The van der Waals surface area contributed by atoms with Gasteiger partial charge in [0, 0.05) is 24.8 Å². The number of sulfonamides is 1. The Labute approximate surface area is 281 Å². The zero-order valence-corrected chi connectivity index (χ0v) is 28.7. The van der Waals surface area contributed by atoms with Crippen molar-refractivity contribution in [1.29, 1.82) is 0 Å². The van der Waals surface area contributed by atoms with Gasteiger partial charge in [0.05, 0.1) is 21.3 Å². The van der Waals surface area contributed by atoms with Gasteiger partial charge in [-0.1, -0.05) is 6.07 Å². The molecule has 10 nitrogen and oxygen atoms in total. The fraction of sp³-hybridized carbons (Fsp3) is 0.364. The SMILES string of the molecule is COCN(c1cccc(-c2nc(C3CCN(C)CC3)sc2-c2ccnc(NC(=O)OC(C)(C)C)c2)c1F)S(=O)(=O)c1cc(F)ccc1F. The summed E-state index contributed by atoms with van der Waals surface area (Å²) < 4.78 is 83.7. The number of amides is 1. The Morgan fingerprint density at radius 3 is 2.52 bits per heavy atom. The van der Waals surface area contributed by atoms with Crippen molar-refractivity contribution in [3.05, 3.63) is 77.2 Å². The fourth-order valence-corrected chi connectivity index (χ4v) is 7.97. The minimum atomic E-state index is -4.83. The van der Waals surface area contributed by atoms with E-state index in [9.17, 15) is 22.0 Å². The molecular formula is C33H36F3N5O5S2. The number of aromatic nitrogens is 2. The first-order valence-corrected chi connectivity index (χ1v) is 17.3. The van der Waals surface area contributed by atoms with E-state index in [1.807, 2.05) is 7.05 Å². The van der Waals surface area contributed by atoms with Crippen LogP contribution in [-0.2, 0) is 19.5 Å². The monoisotopic (exact) mass is 703 g/mol. The molecule has 256 valence electrons. The van der Waals surface area contributed by atoms with Gasteiger partial charge in [0.15, 0.2) is 5.82 Å². The maximum atomic E-state index is 16.7. The summed E-state index contributed by atoms with van der Waals surface area (Å²) >= 11 is 1.38. The molecule has 0 radical (unpaired) electrons. The van der Waals surface area contributed by atoms with Crippen LogP contribution in [0.2, 0.25) is 0 Å². The third-order valence-corrected chi connectivity index (χ3v) is 10.6. The van der Waals surface area contributed by atoms with Gasteiger partial charge in [-0.25, -0.2) is 40.7 Å². The molecule has 1 aliphatic rings. The van der Waals surface area contributed by atoms with Gasteiger partial charge in [-0.15, -0.1) is 11.3 Å². The molecule has 0 saturated carbocycles. The summed E-state index contributed by atoms with van der Waals surface area (Å²) in [5.74, 6) is -2.84. The zero-order valence-electron chi connectivity index (χ0n) is 27.1. The molecule has 3 heterocycles. The van der Waals surface area contributed by atoms with Crippen molar-refractivity contribution in [2.45, 2.75) is 50.0 Å². The predicted octanol–water partition coefficient (Wildman–Crippen LogP) is 7.24. The second kappa shape index (κ2) is 14.2. The van der Waals surface area contributed by atoms with Crippen LogP contribution in [0.5, 0.6) is 0 Å². The number of hydrogen-bond donors (Lipinski definition) is 1. The minimum Gasteiger partial charge on any atom is -0.444 e. The first-order valence-electron chi connectivity index (χ1n) is 15.1. The summed E-state index contributed by atoms with van der Waals surface area (Å²) in [7, 11) is -1.59. The summed E-state index contributed by atoms with van der Waals surface area (Å²) in [6, 6.07) is 9.47. The lowest BCUT2D eigenvalue weighted by Crippen LogP contribution is -2.34. The van der Waals surface area contributed by atoms with Crippen molar-refractivity contribution in [2.75, 3.05) is 43.6 Å². The highest BCUT2D eigenvalue weighted by Gasteiger charge is 2.33. The smallest absolute Gasteiger partial charge is 0.413 e. The Balaban J connectivity index is 1.62. The van der Waals surface area contributed by atoms with Crippen molar-refractivity contribution in [1.82, 2.24) is 14.9 Å². The average Bonchev–Trinajstić information content (AvgIpc) is 3.46. The quantitative estimate of drug-likeness (QED) is 0.182. The minimum absolute atomic E-state index is 0.0209. The number of benzene rings is 2. The molecule has 0 spiro atoms. The van der Waals surface area contributed by atoms with Gasteiger partial charge >= 0.3 is 6.09 Å². The molecule has 1 saturated heterocycles. The number of halogens is 3. The summed E-state index contributed by atoms with van der Waals surface area (Å²) in [5, 5.41) is 3.40. The lowest BCUT2D eigenvalue weighted by molar-refractivity contribution is 0.0635. The van der Waals surface area contributed by atoms with Crippen LogP contribution in [0.4, 0.5) is 29.5 Å². The lowest BCUT2D eigenvalue weighted by atomic mass is 9.98. The second-order valence-corrected chi connectivity index (χ2v) is 15.2. The molecule has 2 aromatic carbocycles. The van der Waals surface area contributed by atoms with E-state index in [-0.39, 0.29) is 23.0 Å². The molecule has 0 atom stereocenters.